The monoisotopic (exact) mass is 348 g/mol. The Labute approximate surface area is 149 Å². The van der Waals surface area contributed by atoms with Crippen LogP contribution in [0.4, 0.5) is 0 Å². The molecule has 1 aliphatic rings. The van der Waals surface area contributed by atoms with Crippen molar-refractivity contribution in [1.82, 2.24) is 14.7 Å². The molecule has 0 saturated carbocycles. The minimum absolute atomic E-state index is 0.0912. The number of hydrogen-bond donors (Lipinski definition) is 0. The fourth-order valence-electron chi connectivity index (χ4n) is 3.01. The smallest absolute Gasteiger partial charge is 0.239 e. The number of amides is 1. The lowest BCUT2D eigenvalue weighted by atomic mass is 10.1. The normalized spacial score (nSPS) is 17.2. The predicted molar refractivity (Wildman–Crippen MR) is 95.6 cm³/mol. The van der Waals surface area contributed by atoms with Crippen molar-refractivity contribution in [3.63, 3.8) is 0 Å². The number of carbonyl (C=O) groups is 1. The Kier molecular flexibility index (Phi) is 7.04. The van der Waals surface area contributed by atoms with Crippen molar-refractivity contribution in [1.29, 1.82) is 5.26 Å². The first kappa shape index (κ1) is 18.7. The summed E-state index contributed by atoms with van der Waals surface area (Å²) in [5, 5.41) is 9.41. The molecular formula is C18H25ClN4O. The summed E-state index contributed by atoms with van der Waals surface area (Å²) in [6.07, 6.45) is 0.377. The Balaban J connectivity index is 1.81. The van der Waals surface area contributed by atoms with Crippen LogP contribution in [0.2, 0.25) is 5.02 Å². The lowest BCUT2D eigenvalue weighted by Gasteiger charge is -2.38. The molecule has 24 heavy (non-hydrogen) atoms. The van der Waals surface area contributed by atoms with E-state index in [9.17, 15) is 4.79 Å². The molecule has 0 bridgehead atoms. The summed E-state index contributed by atoms with van der Waals surface area (Å²) >= 11 is 6.04. The minimum atomic E-state index is -0.137. The number of piperazine rings is 1. The third-order valence-corrected chi connectivity index (χ3v) is 4.78. The van der Waals surface area contributed by atoms with E-state index in [0.29, 0.717) is 13.0 Å². The van der Waals surface area contributed by atoms with Crippen molar-refractivity contribution < 1.29 is 4.79 Å². The standard InChI is InChI=1S/C18H25ClN4O/c1-15(18(24)21(2)8-4-7-20)23-11-9-22(10-12-23)14-16-5-3-6-17(19)13-16/h3,5-6,13,15H,4,8-12,14H2,1-2H3. The van der Waals surface area contributed by atoms with E-state index in [1.54, 1.807) is 11.9 Å². The molecule has 1 aliphatic heterocycles. The first-order valence-electron chi connectivity index (χ1n) is 8.34. The van der Waals surface area contributed by atoms with E-state index in [2.05, 4.69) is 21.9 Å². The quantitative estimate of drug-likeness (QED) is 0.791. The van der Waals surface area contributed by atoms with Gasteiger partial charge in [0.05, 0.1) is 18.5 Å². The van der Waals surface area contributed by atoms with Crippen molar-refractivity contribution in [2.24, 2.45) is 0 Å². The zero-order valence-corrected chi connectivity index (χ0v) is 15.2. The van der Waals surface area contributed by atoms with Crippen LogP contribution in [0.3, 0.4) is 0 Å². The molecule has 1 heterocycles. The summed E-state index contributed by atoms with van der Waals surface area (Å²) in [6.45, 7) is 6.96. The fraction of sp³-hybridized carbons (Fsp3) is 0.556. The second-order valence-corrected chi connectivity index (χ2v) is 6.72. The molecule has 1 amide bonds. The predicted octanol–water partition coefficient (Wildman–Crippen LogP) is 2.22. The fourth-order valence-corrected chi connectivity index (χ4v) is 3.22. The Morgan fingerprint density at radius 3 is 2.71 bits per heavy atom. The molecule has 2 rings (SSSR count). The van der Waals surface area contributed by atoms with Crippen LogP contribution in [0, 0.1) is 11.3 Å². The molecule has 1 aromatic rings. The van der Waals surface area contributed by atoms with Crippen molar-refractivity contribution in [3.8, 4) is 6.07 Å². The number of carbonyl (C=O) groups excluding carboxylic acids is 1. The maximum Gasteiger partial charge on any atom is 0.239 e. The molecule has 0 radical (unpaired) electrons. The lowest BCUT2D eigenvalue weighted by Crippen LogP contribution is -2.53. The average Bonchev–Trinajstić information content (AvgIpc) is 2.59. The molecule has 1 atom stereocenters. The van der Waals surface area contributed by atoms with Crippen molar-refractivity contribution in [2.45, 2.75) is 25.9 Å². The van der Waals surface area contributed by atoms with Crippen LogP contribution < -0.4 is 0 Å². The van der Waals surface area contributed by atoms with Crippen molar-refractivity contribution in [2.75, 3.05) is 39.8 Å². The first-order valence-corrected chi connectivity index (χ1v) is 8.72. The molecule has 0 aromatic heterocycles. The van der Waals surface area contributed by atoms with Gasteiger partial charge in [0.25, 0.3) is 0 Å². The third kappa shape index (κ3) is 5.20. The molecule has 0 N–H and O–H groups in total. The molecule has 1 saturated heterocycles. The van der Waals surface area contributed by atoms with Gasteiger partial charge in [-0.15, -0.1) is 0 Å². The Bertz CT molecular complexity index is 593. The number of rotatable bonds is 6. The zero-order chi connectivity index (χ0) is 17.5. The highest BCUT2D eigenvalue weighted by Gasteiger charge is 2.27. The number of likely N-dealkylation sites (N-methyl/N-ethyl adjacent to an activating group) is 1. The van der Waals surface area contributed by atoms with Gasteiger partial charge in [0, 0.05) is 51.3 Å². The number of nitriles is 1. The topological polar surface area (TPSA) is 50.6 Å². The van der Waals surface area contributed by atoms with Crippen molar-refractivity contribution >= 4 is 17.5 Å². The first-order chi connectivity index (χ1) is 11.5. The van der Waals surface area contributed by atoms with Gasteiger partial charge in [0.2, 0.25) is 5.91 Å². The summed E-state index contributed by atoms with van der Waals surface area (Å²) in [7, 11) is 1.77. The SMILES string of the molecule is CC(C(=O)N(C)CCC#N)N1CCN(Cc2cccc(Cl)c2)CC1. The molecule has 130 valence electrons. The number of hydrogen-bond acceptors (Lipinski definition) is 4. The number of benzene rings is 1. The summed E-state index contributed by atoms with van der Waals surface area (Å²) < 4.78 is 0. The summed E-state index contributed by atoms with van der Waals surface area (Å²) in [5.74, 6) is 0.0912. The van der Waals surface area contributed by atoms with E-state index < -0.39 is 0 Å². The van der Waals surface area contributed by atoms with E-state index in [4.69, 9.17) is 16.9 Å². The highest BCUT2D eigenvalue weighted by Crippen LogP contribution is 2.15. The molecule has 0 aliphatic carbocycles. The van der Waals surface area contributed by atoms with Crippen LogP contribution in [0.15, 0.2) is 24.3 Å². The minimum Gasteiger partial charge on any atom is -0.343 e. The Morgan fingerprint density at radius 1 is 1.38 bits per heavy atom. The van der Waals surface area contributed by atoms with Gasteiger partial charge in [-0.1, -0.05) is 23.7 Å². The molecule has 5 nitrogen and oxygen atoms in total. The van der Waals surface area contributed by atoms with Crippen LogP contribution in [-0.4, -0.2) is 66.4 Å². The van der Waals surface area contributed by atoms with Gasteiger partial charge >= 0.3 is 0 Å². The summed E-state index contributed by atoms with van der Waals surface area (Å²) in [6, 6.07) is 9.91. The highest BCUT2D eigenvalue weighted by atomic mass is 35.5. The van der Waals surface area contributed by atoms with Gasteiger partial charge in [0.15, 0.2) is 0 Å². The van der Waals surface area contributed by atoms with Gasteiger partial charge in [-0.25, -0.2) is 0 Å². The second-order valence-electron chi connectivity index (χ2n) is 6.29. The molecule has 1 fully saturated rings. The van der Waals surface area contributed by atoms with Gasteiger partial charge in [-0.3, -0.25) is 14.6 Å². The van der Waals surface area contributed by atoms with E-state index in [0.717, 1.165) is 37.7 Å². The van der Waals surface area contributed by atoms with Gasteiger partial charge in [-0.2, -0.15) is 5.26 Å². The van der Waals surface area contributed by atoms with E-state index in [1.807, 2.05) is 25.1 Å². The van der Waals surface area contributed by atoms with E-state index >= 15 is 0 Å². The summed E-state index contributed by atoms with van der Waals surface area (Å²) in [4.78, 5) is 18.7. The maximum absolute atomic E-state index is 12.4. The van der Waals surface area contributed by atoms with Crippen LogP contribution >= 0.6 is 11.6 Å². The number of nitrogens with zero attached hydrogens (tertiary/aromatic N) is 4. The molecule has 1 aromatic carbocycles. The van der Waals surface area contributed by atoms with Gasteiger partial charge in [0.1, 0.15) is 0 Å². The molecular weight excluding hydrogens is 324 g/mol. The van der Waals surface area contributed by atoms with Crippen LogP contribution in [0.25, 0.3) is 0 Å². The lowest BCUT2D eigenvalue weighted by molar-refractivity contribution is -0.135. The molecule has 6 heteroatoms. The van der Waals surface area contributed by atoms with Crippen LogP contribution in [0.1, 0.15) is 18.9 Å². The van der Waals surface area contributed by atoms with Crippen LogP contribution in [-0.2, 0) is 11.3 Å². The molecule has 1 unspecified atom stereocenters. The Hall–Kier alpha value is -1.61. The van der Waals surface area contributed by atoms with Gasteiger partial charge < -0.3 is 4.90 Å². The molecule has 0 spiro atoms. The Morgan fingerprint density at radius 2 is 2.08 bits per heavy atom. The second kappa shape index (κ2) is 9.03. The van der Waals surface area contributed by atoms with Gasteiger partial charge in [-0.05, 0) is 24.6 Å². The average molecular weight is 349 g/mol. The maximum atomic E-state index is 12.4. The van der Waals surface area contributed by atoms with E-state index in [-0.39, 0.29) is 11.9 Å². The third-order valence-electron chi connectivity index (χ3n) is 4.54. The van der Waals surface area contributed by atoms with E-state index in [1.165, 1.54) is 5.56 Å². The zero-order valence-electron chi connectivity index (χ0n) is 14.4. The van der Waals surface area contributed by atoms with Crippen molar-refractivity contribution in [3.05, 3.63) is 34.9 Å². The summed E-state index contributed by atoms with van der Waals surface area (Å²) in [5.41, 5.74) is 1.22. The number of halogens is 1. The highest BCUT2D eigenvalue weighted by molar-refractivity contribution is 6.30. The van der Waals surface area contributed by atoms with Crippen LogP contribution in [0.5, 0.6) is 0 Å². The largest absolute Gasteiger partial charge is 0.343 e.